The number of aliphatic hydroxyl groups excluding tert-OH is 4. The van der Waals surface area contributed by atoms with Crippen LogP contribution in [0, 0.1) is 13.8 Å². The number of phenols is 2. The highest BCUT2D eigenvalue weighted by Gasteiger charge is 2.31. The van der Waals surface area contributed by atoms with Crippen molar-refractivity contribution in [2.24, 2.45) is 20.5 Å². The fraction of sp³-hybridized carbons (Fsp3) is 0.161. The van der Waals surface area contributed by atoms with Crippen LogP contribution >= 0.6 is 0 Å². The number of anilines is 10. The van der Waals surface area contributed by atoms with Crippen molar-refractivity contribution in [3.05, 3.63) is 131 Å². The van der Waals surface area contributed by atoms with E-state index in [1.165, 1.54) is 26.0 Å². The van der Waals surface area contributed by atoms with Crippen LogP contribution in [0.4, 0.5) is 81.2 Å². The molecule has 0 fully saturated rings. The topological polar surface area (TPSA) is 738 Å². The second-order valence-electron chi connectivity index (χ2n) is 24.2. The van der Waals surface area contributed by atoms with Gasteiger partial charge in [-0.1, -0.05) is 36.4 Å². The Kier molecular flexibility index (Phi) is 25.2. The van der Waals surface area contributed by atoms with Crippen molar-refractivity contribution >= 4 is 196 Å². The fourth-order valence-electron chi connectivity index (χ4n) is 11.0. The summed E-state index contributed by atoms with van der Waals surface area (Å²) in [5, 5.41) is 86.6. The summed E-state index contributed by atoms with van der Waals surface area (Å²) in [5.41, 5.74) is -5.69. The van der Waals surface area contributed by atoms with Crippen molar-refractivity contribution in [2.75, 3.05) is 83.7 Å². The molecule has 0 unspecified atom stereocenters. The van der Waals surface area contributed by atoms with Gasteiger partial charge >= 0.3 is 0 Å². The molecule has 2 aromatic heterocycles. The maximum atomic E-state index is 13.3. The van der Waals surface area contributed by atoms with Crippen molar-refractivity contribution in [3.8, 4) is 11.5 Å². The number of benzene rings is 8. The van der Waals surface area contributed by atoms with Crippen molar-refractivity contribution in [1.29, 1.82) is 0 Å². The number of aliphatic hydroxyl groups is 4. The molecule has 46 nitrogen and oxygen atoms in total. The molecule has 0 saturated heterocycles. The van der Waals surface area contributed by atoms with Crippen LogP contribution in [0.25, 0.3) is 33.7 Å². The zero-order valence-corrected chi connectivity index (χ0v) is 65.2. The van der Waals surface area contributed by atoms with Gasteiger partial charge < -0.3 is 61.7 Å². The normalized spacial score (nSPS) is 12.8. The first kappa shape index (κ1) is 87.2. The van der Waals surface area contributed by atoms with Crippen molar-refractivity contribution < 1.29 is 134 Å². The van der Waals surface area contributed by atoms with Gasteiger partial charge in [-0.25, -0.2) is 0 Å². The van der Waals surface area contributed by atoms with Gasteiger partial charge in [0.05, 0.1) is 47.6 Å². The third kappa shape index (κ3) is 20.5. The molecule has 0 atom stereocenters. The van der Waals surface area contributed by atoms with Crippen molar-refractivity contribution in [3.63, 3.8) is 0 Å². The van der Waals surface area contributed by atoms with Gasteiger partial charge in [-0.2, -0.15) is 97.2 Å². The van der Waals surface area contributed by atoms with E-state index in [0.717, 1.165) is 82.6 Å². The molecular weight excluding hydrogens is 1710 g/mol. The van der Waals surface area contributed by atoms with Crippen molar-refractivity contribution in [1.82, 2.24) is 29.9 Å². The molecule has 0 amide bonds. The van der Waals surface area contributed by atoms with Gasteiger partial charge in [0.2, 0.25) is 35.7 Å². The zero-order chi connectivity index (χ0) is 85.3. The molecule has 8 aromatic carbocycles. The highest BCUT2D eigenvalue weighted by molar-refractivity contribution is 7.87. The number of fused-ring (bicyclic) bond motifs is 2. The molecule has 0 aliphatic carbocycles. The summed E-state index contributed by atoms with van der Waals surface area (Å²) in [6.07, 6.45) is 1.90. The second-order valence-corrected chi connectivity index (χ2v) is 35.4. The summed E-state index contributed by atoms with van der Waals surface area (Å²) in [5.74, 6) is -5.99. The first-order valence-corrected chi connectivity index (χ1v) is 43.5. The zero-order valence-electron chi connectivity index (χ0n) is 58.6. The molecule has 0 spiro atoms. The fourth-order valence-corrected chi connectivity index (χ4v) is 16.2. The molecule has 0 bridgehead atoms. The van der Waals surface area contributed by atoms with Crippen LogP contribution in [-0.2, 0) is 80.9 Å². The van der Waals surface area contributed by atoms with E-state index >= 15 is 0 Å². The Balaban J connectivity index is 1.02. The highest BCUT2D eigenvalue weighted by Crippen LogP contribution is 2.49. The molecule has 54 heteroatoms. The lowest BCUT2D eigenvalue weighted by molar-refractivity contribution is 0.279. The van der Waals surface area contributed by atoms with E-state index in [-0.39, 0.29) is 48.7 Å². The minimum absolute atomic E-state index is 0.284. The maximum Gasteiger partial charge on any atom is 0.296 e. The number of aryl methyl sites for hydroxylation is 2. The van der Waals surface area contributed by atoms with Gasteiger partial charge in [-0.15, -0.1) is 20.5 Å². The molecule has 2 heterocycles. The predicted octanol–water partition coefficient (Wildman–Crippen LogP) is 5.92. The molecule has 616 valence electrons. The van der Waals surface area contributed by atoms with Crippen molar-refractivity contribution in [2.45, 2.75) is 53.0 Å². The molecule has 18 N–H and O–H groups in total. The summed E-state index contributed by atoms with van der Waals surface area (Å²) >= 11 is 0. The van der Waals surface area contributed by atoms with Gasteiger partial charge in [0, 0.05) is 48.3 Å². The van der Waals surface area contributed by atoms with E-state index < -0.39 is 261 Å². The minimum atomic E-state index is -5.51. The Hall–Kier alpha value is -11.2. The van der Waals surface area contributed by atoms with E-state index in [2.05, 4.69) is 71.6 Å². The van der Waals surface area contributed by atoms with Crippen LogP contribution in [-0.4, -0.2) is 217 Å². The number of aromatic hydroxyl groups is 2. The number of azo groups is 2. The summed E-state index contributed by atoms with van der Waals surface area (Å²) in [4.78, 5) is 19.7. The second kappa shape index (κ2) is 33.5. The van der Waals surface area contributed by atoms with Gasteiger partial charge in [0.25, 0.3) is 80.9 Å². The summed E-state index contributed by atoms with van der Waals surface area (Å²) < 4.78 is 287. The Morgan fingerprint density at radius 1 is 0.345 bits per heavy atom. The molecule has 0 radical (unpaired) electrons. The Bertz CT molecular complexity index is 6340. The van der Waals surface area contributed by atoms with E-state index in [0.29, 0.717) is 36.4 Å². The van der Waals surface area contributed by atoms with E-state index in [1.54, 1.807) is 0 Å². The predicted molar refractivity (Wildman–Crippen MR) is 408 cm³/mol. The van der Waals surface area contributed by atoms with Gasteiger partial charge in [0.1, 0.15) is 52.1 Å². The number of nitrogens with zero attached hydrogens (tertiary/aromatic N) is 12. The lowest BCUT2D eigenvalue weighted by atomic mass is 10.1. The van der Waals surface area contributed by atoms with Crippen LogP contribution < -0.4 is 31.1 Å². The number of rotatable bonds is 32. The number of nitrogens with one attached hydrogen (secondary N) is 4. The summed E-state index contributed by atoms with van der Waals surface area (Å²) in [7, 11) is -42.5. The standard InChI is InChI=1S/C62H60N16O30S8/c1-31-3-11-41(47(21-31)113(97,98)99)73-75-53-49(115(103,104)105)25-35-23-39(109(85,86)87)29-43(51(35)55(53)83)65-59-67-57(69-61(71-59)77(13-17-79)14-18-80)63-37-9-7-33(45(27-37)111(91,92)93)5-6-34-8-10-38(28-46(34)112(94,95)96)64-58-68-60(72-62(70-58)78(15-19-81)16-20-82)66-44-30-40(110(88,89)90)24-36-26-50(116(106,107)108)54(56(84)52(36)44)76-74-42-12-4-32(2)22-48(42)114(100,101)102/h3-12,21-30,79-84H,13-20H2,1-2H3,(H,85,86,87)(H,88,89,90)(H,91,92,93)(H,94,95,96)(H,97,98,99)(H,100,101,102)(H,103,104,105)(H,106,107,108)(H2,63,65,67,69,71)(H2,64,66,68,70,72)/b6-5+,75-73?,76-74?. The van der Waals surface area contributed by atoms with E-state index in [4.69, 9.17) is 0 Å². The highest BCUT2D eigenvalue weighted by atomic mass is 32.2. The van der Waals surface area contributed by atoms with Crippen LogP contribution in [0.15, 0.2) is 169 Å². The Morgan fingerprint density at radius 3 is 0.948 bits per heavy atom. The average Bonchev–Trinajstić information content (AvgIpc) is 0.748. The van der Waals surface area contributed by atoms with Gasteiger partial charge in [0.15, 0.2) is 11.5 Å². The summed E-state index contributed by atoms with van der Waals surface area (Å²) in [6, 6.07) is 16.2. The van der Waals surface area contributed by atoms with Gasteiger partial charge in [-0.05, 0) is 132 Å². The number of aromatic nitrogens is 6. The molecule has 0 saturated carbocycles. The maximum absolute atomic E-state index is 13.3. The van der Waals surface area contributed by atoms with E-state index in [1.807, 2.05) is 0 Å². The SMILES string of the molecule is Cc1ccc(N=Nc2c(S(=O)(=O)O)cc3cc(S(=O)(=O)O)cc(Nc4nc(Nc5ccc(/C=C/c6ccc(Nc7nc(Nc8cc(S(=O)(=O)O)cc9cc(S(=O)(=O)O)c(N=Nc%10ccc(C)cc%10S(=O)(=O)O)c(O)c89)nc(N(CCO)CCO)n7)cc6S(=O)(=O)O)c(S(=O)(=O)O)c5)nc(N(CCO)CCO)n4)c3c2O)c(S(=O)(=O)O)c1. The third-order valence-corrected chi connectivity index (χ3v) is 23.0. The molecule has 10 rings (SSSR count). The first-order valence-electron chi connectivity index (χ1n) is 32.0. The average molecular weight is 1770 g/mol. The van der Waals surface area contributed by atoms with E-state index in [9.17, 15) is 134 Å². The number of hydrogen-bond acceptors (Lipinski definition) is 38. The lowest BCUT2D eigenvalue weighted by Crippen LogP contribution is -2.31. The number of phenolic OH excluding ortho intramolecular Hbond substituents is 2. The van der Waals surface area contributed by atoms with Gasteiger partial charge in [-0.3, -0.25) is 36.4 Å². The molecule has 0 aliphatic rings. The molecule has 10 aromatic rings. The monoisotopic (exact) mass is 1760 g/mol. The smallest absolute Gasteiger partial charge is 0.296 e. The lowest BCUT2D eigenvalue weighted by Gasteiger charge is -2.22. The molecular formula is C62H60N16O30S8. The van der Waals surface area contributed by atoms with Crippen LogP contribution in [0.3, 0.4) is 0 Å². The largest absolute Gasteiger partial charge is 0.505 e. The van der Waals surface area contributed by atoms with Crippen LogP contribution in [0.1, 0.15) is 22.3 Å². The molecule has 116 heavy (non-hydrogen) atoms. The first-order chi connectivity index (χ1) is 54.0. The van der Waals surface area contributed by atoms with Crippen LogP contribution in [0.5, 0.6) is 11.5 Å². The Morgan fingerprint density at radius 2 is 0.655 bits per heavy atom. The third-order valence-electron chi connectivity index (χ3n) is 16.0. The number of hydrogen-bond donors (Lipinski definition) is 18. The molecule has 0 aliphatic heterocycles. The summed E-state index contributed by atoms with van der Waals surface area (Å²) in [6.45, 7) is -1.02. The minimum Gasteiger partial charge on any atom is -0.505 e. The van der Waals surface area contributed by atoms with Crippen LogP contribution in [0.2, 0.25) is 0 Å². The quantitative estimate of drug-likeness (QED) is 0.0132. The Labute approximate surface area is 656 Å².